The summed E-state index contributed by atoms with van der Waals surface area (Å²) in [6.45, 7) is 1.94. The van der Waals surface area contributed by atoms with Gasteiger partial charge in [0.2, 0.25) is 0 Å². The SMILES string of the molecule is CCN(C(=O)O)N(C)c1ccc(N)cc1CS(C)(=O)=O. The fourth-order valence-corrected chi connectivity index (χ4v) is 2.72. The van der Waals surface area contributed by atoms with Crippen molar-refractivity contribution in [3.8, 4) is 0 Å². The van der Waals surface area contributed by atoms with Crippen LogP contribution in [0.1, 0.15) is 12.5 Å². The van der Waals surface area contributed by atoms with E-state index in [0.717, 1.165) is 11.3 Å². The molecular weight excluding hydrogens is 282 g/mol. The highest BCUT2D eigenvalue weighted by molar-refractivity contribution is 7.89. The lowest BCUT2D eigenvalue weighted by molar-refractivity contribution is 0.145. The van der Waals surface area contributed by atoms with Crippen LogP contribution in [-0.4, -0.2) is 44.5 Å². The minimum Gasteiger partial charge on any atom is -0.464 e. The Bertz CT molecular complexity index is 601. The molecule has 0 aliphatic carbocycles. The van der Waals surface area contributed by atoms with Gasteiger partial charge in [0.25, 0.3) is 0 Å². The molecule has 8 heteroatoms. The van der Waals surface area contributed by atoms with E-state index in [0.29, 0.717) is 16.9 Å². The standard InChI is InChI=1S/C12H19N3O4S/c1-4-15(12(16)17)14(2)11-6-5-10(13)7-9(11)8-20(3,18)19/h5-7H,4,8,13H2,1-3H3,(H,16,17). The largest absolute Gasteiger partial charge is 0.464 e. The molecule has 0 bridgehead atoms. The maximum absolute atomic E-state index is 11.5. The monoisotopic (exact) mass is 301 g/mol. The molecule has 3 N–H and O–H groups in total. The zero-order chi connectivity index (χ0) is 15.5. The maximum Gasteiger partial charge on any atom is 0.426 e. The zero-order valence-electron chi connectivity index (χ0n) is 11.7. The number of nitrogens with zero attached hydrogens (tertiary/aromatic N) is 2. The van der Waals surface area contributed by atoms with E-state index in [1.54, 1.807) is 32.2 Å². The predicted molar refractivity (Wildman–Crippen MR) is 78.2 cm³/mol. The molecule has 0 heterocycles. The second-order valence-corrected chi connectivity index (χ2v) is 6.62. The van der Waals surface area contributed by atoms with Gasteiger partial charge in [-0.25, -0.2) is 18.2 Å². The van der Waals surface area contributed by atoms with Gasteiger partial charge < -0.3 is 10.8 Å². The Morgan fingerprint density at radius 3 is 2.45 bits per heavy atom. The Morgan fingerprint density at radius 1 is 1.40 bits per heavy atom. The van der Waals surface area contributed by atoms with Crippen LogP contribution in [0, 0.1) is 0 Å². The summed E-state index contributed by atoms with van der Waals surface area (Å²) in [5.74, 6) is -0.200. The summed E-state index contributed by atoms with van der Waals surface area (Å²) < 4.78 is 22.9. The number of hydrazine groups is 1. The Balaban J connectivity index is 3.26. The lowest BCUT2D eigenvalue weighted by Gasteiger charge is -2.31. The van der Waals surface area contributed by atoms with Crippen LogP contribution in [0.4, 0.5) is 16.2 Å². The molecule has 0 spiro atoms. The van der Waals surface area contributed by atoms with E-state index >= 15 is 0 Å². The van der Waals surface area contributed by atoms with Gasteiger partial charge in [0, 0.05) is 25.5 Å². The lowest BCUT2D eigenvalue weighted by atomic mass is 10.2. The Morgan fingerprint density at radius 2 is 2.00 bits per heavy atom. The number of nitrogens with two attached hydrogens (primary N) is 1. The summed E-state index contributed by atoms with van der Waals surface area (Å²) in [5.41, 5.74) is 7.06. The fraction of sp³-hybridized carbons (Fsp3) is 0.417. The third kappa shape index (κ3) is 4.02. The number of sulfone groups is 1. The first-order valence-electron chi connectivity index (χ1n) is 5.96. The maximum atomic E-state index is 11.5. The third-order valence-electron chi connectivity index (χ3n) is 2.75. The molecule has 1 aromatic rings. The summed E-state index contributed by atoms with van der Waals surface area (Å²) in [4.78, 5) is 11.2. The number of carbonyl (C=O) groups is 1. The Labute approximate surface area is 118 Å². The van der Waals surface area contributed by atoms with E-state index in [-0.39, 0.29) is 12.3 Å². The van der Waals surface area contributed by atoms with Crippen LogP contribution in [0.3, 0.4) is 0 Å². The van der Waals surface area contributed by atoms with Gasteiger partial charge in [-0.3, -0.25) is 5.01 Å². The molecule has 0 saturated heterocycles. The summed E-state index contributed by atoms with van der Waals surface area (Å²) >= 11 is 0. The van der Waals surface area contributed by atoms with Gasteiger partial charge >= 0.3 is 6.09 Å². The zero-order valence-corrected chi connectivity index (χ0v) is 12.5. The predicted octanol–water partition coefficient (Wildman–Crippen LogP) is 1.16. The van der Waals surface area contributed by atoms with Crippen molar-refractivity contribution in [1.82, 2.24) is 5.01 Å². The van der Waals surface area contributed by atoms with E-state index in [4.69, 9.17) is 10.8 Å². The molecule has 112 valence electrons. The van der Waals surface area contributed by atoms with Crippen molar-refractivity contribution in [2.75, 3.05) is 30.6 Å². The minimum atomic E-state index is -3.25. The van der Waals surface area contributed by atoms with Gasteiger partial charge in [-0.15, -0.1) is 0 Å². The first kappa shape index (κ1) is 16.1. The van der Waals surface area contributed by atoms with Gasteiger partial charge in [-0.05, 0) is 30.7 Å². The molecule has 1 amide bonds. The molecule has 1 aromatic carbocycles. The van der Waals surface area contributed by atoms with Crippen molar-refractivity contribution >= 4 is 27.3 Å². The highest BCUT2D eigenvalue weighted by Crippen LogP contribution is 2.25. The van der Waals surface area contributed by atoms with Crippen molar-refractivity contribution in [3.05, 3.63) is 23.8 Å². The Hall–Kier alpha value is -1.96. The van der Waals surface area contributed by atoms with Crippen molar-refractivity contribution in [3.63, 3.8) is 0 Å². The van der Waals surface area contributed by atoms with Gasteiger partial charge in [0.05, 0.1) is 11.4 Å². The van der Waals surface area contributed by atoms with Crippen LogP contribution in [0.25, 0.3) is 0 Å². The number of hydrogen-bond acceptors (Lipinski definition) is 5. The van der Waals surface area contributed by atoms with E-state index < -0.39 is 15.9 Å². The first-order valence-corrected chi connectivity index (χ1v) is 8.02. The van der Waals surface area contributed by atoms with E-state index in [9.17, 15) is 13.2 Å². The van der Waals surface area contributed by atoms with Crippen molar-refractivity contribution in [2.24, 2.45) is 0 Å². The molecule has 0 aromatic heterocycles. The molecule has 20 heavy (non-hydrogen) atoms. The summed E-state index contributed by atoms with van der Waals surface area (Å²) in [5, 5.41) is 11.6. The van der Waals surface area contributed by atoms with Crippen LogP contribution in [0.15, 0.2) is 18.2 Å². The molecule has 0 saturated carbocycles. The van der Waals surface area contributed by atoms with Crippen LogP contribution < -0.4 is 10.7 Å². The smallest absolute Gasteiger partial charge is 0.426 e. The quantitative estimate of drug-likeness (QED) is 0.625. The van der Waals surface area contributed by atoms with Crippen molar-refractivity contribution in [1.29, 1.82) is 0 Å². The van der Waals surface area contributed by atoms with Crippen LogP contribution in [0.2, 0.25) is 0 Å². The fourth-order valence-electron chi connectivity index (χ4n) is 1.92. The van der Waals surface area contributed by atoms with E-state index in [1.807, 2.05) is 0 Å². The van der Waals surface area contributed by atoms with Crippen LogP contribution in [0.5, 0.6) is 0 Å². The molecule has 7 nitrogen and oxygen atoms in total. The number of carboxylic acid groups (broad SMARTS) is 1. The average Bonchev–Trinajstić information content (AvgIpc) is 2.26. The number of amides is 1. The average molecular weight is 301 g/mol. The summed E-state index contributed by atoms with van der Waals surface area (Å²) in [6, 6.07) is 4.76. The van der Waals surface area contributed by atoms with E-state index in [2.05, 4.69) is 0 Å². The highest BCUT2D eigenvalue weighted by atomic mass is 32.2. The molecule has 1 rings (SSSR count). The number of hydrogen-bond donors (Lipinski definition) is 2. The number of nitrogen functional groups attached to an aromatic ring is 1. The lowest BCUT2D eigenvalue weighted by Crippen LogP contribution is -2.44. The summed E-state index contributed by atoms with van der Waals surface area (Å²) in [7, 11) is -1.69. The topological polar surface area (TPSA) is 104 Å². The van der Waals surface area contributed by atoms with Crippen molar-refractivity contribution < 1.29 is 18.3 Å². The molecule has 0 unspecified atom stereocenters. The van der Waals surface area contributed by atoms with Gasteiger partial charge in [-0.1, -0.05) is 0 Å². The van der Waals surface area contributed by atoms with Gasteiger partial charge in [-0.2, -0.15) is 0 Å². The molecule has 0 aliphatic rings. The number of rotatable bonds is 5. The highest BCUT2D eigenvalue weighted by Gasteiger charge is 2.20. The van der Waals surface area contributed by atoms with Gasteiger partial charge in [0.15, 0.2) is 9.84 Å². The van der Waals surface area contributed by atoms with Crippen LogP contribution >= 0.6 is 0 Å². The molecule has 0 fully saturated rings. The number of benzene rings is 1. The second kappa shape index (κ2) is 6.00. The van der Waals surface area contributed by atoms with E-state index in [1.165, 1.54) is 5.01 Å². The molecule has 0 aliphatic heterocycles. The second-order valence-electron chi connectivity index (χ2n) is 4.48. The molecule has 0 atom stereocenters. The first-order chi connectivity index (χ1) is 9.15. The van der Waals surface area contributed by atoms with Gasteiger partial charge in [0.1, 0.15) is 0 Å². The van der Waals surface area contributed by atoms with Crippen LogP contribution in [-0.2, 0) is 15.6 Å². The summed E-state index contributed by atoms with van der Waals surface area (Å²) in [6.07, 6.45) is 0.00603. The number of anilines is 2. The molecular formula is C12H19N3O4S. The normalized spacial score (nSPS) is 11.2. The Kier molecular flexibility index (Phi) is 4.83. The minimum absolute atomic E-state index is 0.200. The molecule has 0 radical (unpaired) electrons. The third-order valence-corrected chi connectivity index (χ3v) is 3.59. The van der Waals surface area contributed by atoms with Crippen molar-refractivity contribution in [2.45, 2.75) is 12.7 Å².